The van der Waals surface area contributed by atoms with Gasteiger partial charge in [-0.15, -0.1) is 0 Å². The van der Waals surface area contributed by atoms with Gasteiger partial charge in [0.2, 0.25) is 0 Å². The molecule has 0 bridgehead atoms. The quantitative estimate of drug-likeness (QED) is 0.603. The summed E-state index contributed by atoms with van der Waals surface area (Å²) in [4.78, 5) is 12.9. The molecule has 0 saturated carbocycles. The van der Waals surface area contributed by atoms with Crippen molar-refractivity contribution >= 4 is 5.69 Å². The minimum absolute atomic E-state index is 0.209. The predicted molar refractivity (Wildman–Crippen MR) is 47.7 cm³/mol. The van der Waals surface area contributed by atoms with Crippen molar-refractivity contribution in [3.63, 3.8) is 0 Å². The Bertz CT molecular complexity index is 349. The van der Waals surface area contributed by atoms with Crippen molar-refractivity contribution in [1.82, 2.24) is 10.2 Å². The molecule has 70 valence electrons. The molecule has 13 heavy (non-hydrogen) atoms. The van der Waals surface area contributed by atoms with Crippen LogP contribution in [0.3, 0.4) is 0 Å². The summed E-state index contributed by atoms with van der Waals surface area (Å²) in [6, 6.07) is 1.49. The Morgan fingerprint density at radius 2 is 2.54 bits per heavy atom. The van der Waals surface area contributed by atoms with Crippen molar-refractivity contribution in [3.8, 4) is 0 Å². The molecule has 1 aromatic rings. The summed E-state index contributed by atoms with van der Waals surface area (Å²) >= 11 is 0. The summed E-state index contributed by atoms with van der Waals surface area (Å²) in [6.07, 6.45) is 2.07. The van der Waals surface area contributed by atoms with Crippen LogP contribution in [0.15, 0.2) is 17.1 Å². The van der Waals surface area contributed by atoms with Crippen LogP contribution in [-0.4, -0.2) is 34.5 Å². The van der Waals surface area contributed by atoms with Gasteiger partial charge in [0.1, 0.15) is 0 Å². The van der Waals surface area contributed by atoms with Crippen LogP contribution >= 0.6 is 0 Å². The van der Waals surface area contributed by atoms with Gasteiger partial charge < -0.3 is 10.0 Å². The minimum Gasteiger partial charge on any atom is -0.391 e. The van der Waals surface area contributed by atoms with E-state index in [0.717, 1.165) is 18.7 Å². The summed E-state index contributed by atoms with van der Waals surface area (Å²) < 4.78 is 0. The van der Waals surface area contributed by atoms with Crippen LogP contribution in [0.2, 0.25) is 0 Å². The third kappa shape index (κ3) is 1.70. The first kappa shape index (κ1) is 8.25. The number of nitrogens with zero attached hydrogens (tertiary/aromatic N) is 2. The maximum atomic E-state index is 10.9. The monoisotopic (exact) mass is 181 g/mol. The van der Waals surface area contributed by atoms with Gasteiger partial charge in [-0.3, -0.25) is 4.79 Å². The Balaban J connectivity index is 2.21. The van der Waals surface area contributed by atoms with Gasteiger partial charge in [-0.2, -0.15) is 5.10 Å². The second-order valence-corrected chi connectivity index (χ2v) is 3.19. The van der Waals surface area contributed by atoms with Crippen molar-refractivity contribution in [2.45, 2.75) is 12.5 Å². The van der Waals surface area contributed by atoms with Crippen molar-refractivity contribution in [2.75, 3.05) is 18.0 Å². The second-order valence-electron chi connectivity index (χ2n) is 3.19. The smallest absolute Gasteiger partial charge is 0.266 e. The molecular formula is C8H11N3O2. The maximum Gasteiger partial charge on any atom is 0.266 e. The Kier molecular flexibility index (Phi) is 2.02. The number of β-amino-alcohol motifs (C(OH)–C–C–N with tert-alkyl or cyclic N) is 1. The molecule has 5 heteroatoms. The number of aromatic nitrogens is 2. The topological polar surface area (TPSA) is 69.2 Å². The van der Waals surface area contributed by atoms with Crippen molar-refractivity contribution < 1.29 is 5.11 Å². The van der Waals surface area contributed by atoms with E-state index >= 15 is 0 Å². The molecule has 0 aliphatic carbocycles. The summed E-state index contributed by atoms with van der Waals surface area (Å²) in [5, 5.41) is 15.3. The fourth-order valence-corrected chi connectivity index (χ4v) is 1.52. The lowest BCUT2D eigenvalue weighted by Crippen LogP contribution is -2.23. The summed E-state index contributed by atoms with van der Waals surface area (Å²) in [7, 11) is 0. The maximum absolute atomic E-state index is 10.9. The molecule has 1 atom stereocenters. The van der Waals surface area contributed by atoms with E-state index in [1.807, 2.05) is 4.90 Å². The highest BCUT2D eigenvalue weighted by Gasteiger charge is 2.20. The van der Waals surface area contributed by atoms with E-state index < -0.39 is 0 Å². The molecule has 2 N–H and O–H groups in total. The van der Waals surface area contributed by atoms with Crippen LogP contribution in [0.5, 0.6) is 0 Å². The molecule has 1 aliphatic rings. The number of aliphatic hydroxyl groups excluding tert-OH is 1. The first-order valence-electron chi connectivity index (χ1n) is 4.23. The number of hydrogen-bond acceptors (Lipinski definition) is 4. The highest BCUT2D eigenvalue weighted by Crippen LogP contribution is 2.16. The minimum atomic E-state index is -0.278. The van der Waals surface area contributed by atoms with Crippen LogP contribution in [0, 0.1) is 0 Å². The van der Waals surface area contributed by atoms with Gasteiger partial charge in [-0.1, -0.05) is 0 Å². The first-order chi connectivity index (χ1) is 6.25. The fourth-order valence-electron chi connectivity index (χ4n) is 1.52. The molecule has 0 amide bonds. The second kappa shape index (κ2) is 3.18. The molecule has 0 spiro atoms. The standard InChI is InChI=1S/C8H11N3O2/c12-7-1-2-11(5-7)6-3-8(13)10-9-4-6/h3-4,7,12H,1-2,5H2,(H,10,13). The molecule has 1 unspecified atom stereocenters. The molecule has 0 aromatic carbocycles. The van der Waals surface area contributed by atoms with E-state index in [2.05, 4.69) is 10.2 Å². The summed E-state index contributed by atoms with van der Waals surface area (Å²) in [5.41, 5.74) is 0.569. The average molecular weight is 181 g/mol. The molecule has 1 fully saturated rings. The van der Waals surface area contributed by atoms with Gasteiger partial charge in [0.15, 0.2) is 0 Å². The molecule has 2 heterocycles. The van der Waals surface area contributed by atoms with Crippen LogP contribution in [-0.2, 0) is 0 Å². The Hall–Kier alpha value is -1.36. The molecular weight excluding hydrogens is 170 g/mol. The first-order valence-corrected chi connectivity index (χ1v) is 4.23. The zero-order chi connectivity index (χ0) is 9.26. The number of rotatable bonds is 1. The van der Waals surface area contributed by atoms with E-state index in [9.17, 15) is 9.90 Å². The Labute approximate surface area is 75.0 Å². The molecule has 0 radical (unpaired) electrons. The average Bonchev–Trinajstić information content (AvgIpc) is 2.52. The lowest BCUT2D eigenvalue weighted by Gasteiger charge is -2.15. The highest BCUT2D eigenvalue weighted by atomic mass is 16.3. The van der Waals surface area contributed by atoms with Gasteiger partial charge >= 0.3 is 0 Å². The number of anilines is 1. The van der Waals surface area contributed by atoms with E-state index in [-0.39, 0.29) is 11.7 Å². The van der Waals surface area contributed by atoms with Gasteiger partial charge in [-0.05, 0) is 6.42 Å². The summed E-state index contributed by atoms with van der Waals surface area (Å²) in [5.74, 6) is 0. The molecule has 2 rings (SSSR count). The van der Waals surface area contributed by atoms with Gasteiger partial charge in [0, 0.05) is 19.2 Å². The van der Waals surface area contributed by atoms with Gasteiger partial charge in [0.05, 0.1) is 18.0 Å². The lowest BCUT2D eigenvalue weighted by molar-refractivity contribution is 0.198. The normalized spacial score (nSPS) is 22.2. The van der Waals surface area contributed by atoms with Crippen molar-refractivity contribution in [2.24, 2.45) is 0 Å². The number of H-pyrrole nitrogens is 1. The number of nitrogens with one attached hydrogen (secondary N) is 1. The number of aromatic amines is 1. The van der Waals surface area contributed by atoms with Crippen LogP contribution in [0.1, 0.15) is 6.42 Å². The number of aliphatic hydroxyl groups is 1. The lowest BCUT2D eigenvalue weighted by atomic mass is 10.3. The molecule has 1 aliphatic heterocycles. The van der Waals surface area contributed by atoms with E-state index in [0.29, 0.717) is 6.54 Å². The van der Waals surface area contributed by atoms with Crippen LogP contribution in [0.25, 0.3) is 0 Å². The van der Waals surface area contributed by atoms with Crippen LogP contribution in [0.4, 0.5) is 5.69 Å². The van der Waals surface area contributed by atoms with Gasteiger partial charge in [-0.25, -0.2) is 5.10 Å². The zero-order valence-corrected chi connectivity index (χ0v) is 7.10. The van der Waals surface area contributed by atoms with E-state index in [4.69, 9.17) is 0 Å². The van der Waals surface area contributed by atoms with Crippen LogP contribution < -0.4 is 10.5 Å². The summed E-state index contributed by atoms with van der Waals surface area (Å²) in [6.45, 7) is 1.37. The fraction of sp³-hybridized carbons (Fsp3) is 0.500. The Morgan fingerprint density at radius 1 is 1.69 bits per heavy atom. The van der Waals surface area contributed by atoms with Crippen molar-refractivity contribution in [1.29, 1.82) is 0 Å². The molecule has 1 saturated heterocycles. The Morgan fingerprint density at radius 3 is 3.15 bits per heavy atom. The zero-order valence-electron chi connectivity index (χ0n) is 7.10. The molecule has 1 aromatic heterocycles. The van der Waals surface area contributed by atoms with E-state index in [1.165, 1.54) is 6.07 Å². The molecule has 5 nitrogen and oxygen atoms in total. The largest absolute Gasteiger partial charge is 0.391 e. The number of hydrogen-bond donors (Lipinski definition) is 2. The SMILES string of the molecule is O=c1cc(N2CCC(O)C2)cn[nH]1. The third-order valence-electron chi connectivity index (χ3n) is 2.18. The predicted octanol–water partition coefficient (Wildman–Crippen LogP) is -0.659. The third-order valence-corrected chi connectivity index (χ3v) is 2.18. The van der Waals surface area contributed by atoms with Crippen molar-refractivity contribution in [3.05, 3.63) is 22.6 Å². The highest BCUT2D eigenvalue weighted by molar-refractivity contribution is 5.43. The van der Waals surface area contributed by atoms with Gasteiger partial charge in [0.25, 0.3) is 5.56 Å². The van der Waals surface area contributed by atoms with E-state index in [1.54, 1.807) is 6.20 Å².